The van der Waals surface area contributed by atoms with Gasteiger partial charge in [-0.2, -0.15) is 5.26 Å². The summed E-state index contributed by atoms with van der Waals surface area (Å²) >= 11 is 0. The predicted molar refractivity (Wildman–Crippen MR) is 117 cm³/mol. The third kappa shape index (κ3) is 4.40. The minimum absolute atomic E-state index is 0.100. The van der Waals surface area contributed by atoms with E-state index in [1.165, 1.54) is 14.2 Å². The molecular weight excluding hydrogens is 462 g/mol. The summed E-state index contributed by atoms with van der Waals surface area (Å²) in [6.45, 7) is 1.60. The molecule has 35 heavy (non-hydrogen) atoms. The van der Waals surface area contributed by atoms with E-state index >= 15 is 0 Å². The number of nitrogens with one attached hydrogen (secondary N) is 1. The zero-order valence-corrected chi connectivity index (χ0v) is 19.3. The first-order valence-corrected chi connectivity index (χ1v) is 11.0. The van der Waals surface area contributed by atoms with E-state index in [1.807, 2.05) is 6.07 Å². The largest absolute Gasteiger partial charge is 0.497 e. The number of hydrogen-bond donors (Lipinski definition) is 1. The Labute approximate surface area is 201 Å². The summed E-state index contributed by atoms with van der Waals surface area (Å²) < 4.78 is 20.5. The topological polar surface area (TPSA) is 151 Å². The zero-order chi connectivity index (χ0) is 25.2. The molecule has 1 unspecified atom stereocenters. The second kappa shape index (κ2) is 9.67. The van der Waals surface area contributed by atoms with Gasteiger partial charge in [0.15, 0.2) is 6.10 Å². The Kier molecular flexibility index (Phi) is 6.65. The van der Waals surface area contributed by atoms with Crippen molar-refractivity contribution < 1.29 is 38.1 Å². The van der Waals surface area contributed by atoms with E-state index in [9.17, 15) is 24.4 Å². The fourth-order valence-electron chi connectivity index (χ4n) is 4.35. The number of ether oxygens (including phenoxy) is 4. The summed E-state index contributed by atoms with van der Waals surface area (Å²) in [6, 6.07) is 6.87. The summed E-state index contributed by atoms with van der Waals surface area (Å²) in [5, 5.41) is 12.6. The van der Waals surface area contributed by atoms with Crippen LogP contribution in [0.2, 0.25) is 0 Å². The molecule has 3 heterocycles. The molecule has 4 rings (SSSR count). The van der Waals surface area contributed by atoms with E-state index < -0.39 is 29.7 Å². The van der Waals surface area contributed by atoms with Crippen LogP contribution >= 0.6 is 0 Å². The van der Waals surface area contributed by atoms with Crippen molar-refractivity contribution in [3.8, 4) is 17.6 Å². The number of carbonyl (C=O) groups is 4. The summed E-state index contributed by atoms with van der Waals surface area (Å²) in [6.07, 6.45) is -0.837. The molecule has 2 atom stereocenters. The maximum Gasteiger partial charge on any atom is 0.420 e. The van der Waals surface area contributed by atoms with Crippen LogP contribution in [0, 0.1) is 11.3 Å². The average molecular weight is 487 g/mol. The van der Waals surface area contributed by atoms with Crippen LogP contribution in [-0.4, -0.2) is 99.0 Å². The number of rotatable bonds is 8. The quantitative estimate of drug-likeness (QED) is 0.287. The van der Waals surface area contributed by atoms with Gasteiger partial charge >= 0.3 is 23.7 Å². The second-order valence-electron chi connectivity index (χ2n) is 8.09. The maximum atomic E-state index is 12.9. The first kappa shape index (κ1) is 24.1. The number of methoxy groups -OCH3 is 2. The lowest BCUT2D eigenvalue weighted by Crippen LogP contribution is -2.61. The van der Waals surface area contributed by atoms with E-state index in [2.05, 4.69) is 5.32 Å². The van der Waals surface area contributed by atoms with E-state index in [-0.39, 0.29) is 25.5 Å². The first-order chi connectivity index (χ1) is 16.8. The number of hydrogen-bond acceptors (Lipinski definition) is 10. The molecule has 3 amide bonds. The smallest absolute Gasteiger partial charge is 0.420 e. The summed E-state index contributed by atoms with van der Waals surface area (Å²) in [5.74, 6) is -1.82. The van der Waals surface area contributed by atoms with Crippen molar-refractivity contribution in [2.24, 2.45) is 0 Å². The third-order valence-electron chi connectivity index (χ3n) is 6.16. The lowest BCUT2D eigenvalue weighted by atomic mass is 10.1. The Morgan fingerprint density at radius 1 is 1.14 bits per heavy atom. The van der Waals surface area contributed by atoms with Gasteiger partial charge in [0.05, 0.1) is 26.5 Å². The fraction of sp³-hybridized carbons (Fsp3) is 0.500. The number of likely N-dealkylation sites (tertiary alicyclic amines) is 1. The van der Waals surface area contributed by atoms with Crippen LogP contribution in [0.5, 0.6) is 11.5 Å². The van der Waals surface area contributed by atoms with E-state index in [0.717, 1.165) is 4.90 Å². The molecule has 3 aliphatic rings. The van der Waals surface area contributed by atoms with Crippen molar-refractivity contribution in [3.63, 3.8) is 0 Å². The molecule has 3 saturated heterocycles. The predicted octanol–water partition coefficient (Wildman–Crippen LogP) is -0.544. The molecule has 13 heteroatoms. The Bertz CT molecular complexity index is 1070. The van der Waals surface area contributed by atoms with Crippen molar-refractivity contribution in [3.05, 3.63) is 18.2 Å². The number of benzene rings is 1. The molecule has 13 nitrogen and oxygen atoms in total. The highest BCUT2D eigenvalue weighted by atomic mass is 16.7. The van der Waals surface area contributed by atoms with Gasteiger partial charge in [-0.3, -0.25) is 14.6 Å². The number of anilines is 1. The molecule has 0 radical (unpaired) electrons. The number of amides is 3. The highest BCUT2D eigenvalue weighted by Gasteiger charge is 2.61. The average Bonchev–Trinajstić information content (AvgIpc) is 3.42. The van der Waals surface area contributed by atoms with E-state index in [4.69, 9.17) is 18.9 Å². The number of fused-ring (bicyclic) bond motifs is 1. The molecule has 0 spiro atoms. The lowest BCUT2D eigenvalue weighted by molar-refractivity contribution is -0.217. The van der Waals surface area contributed by atoms with Crippen LogP contribution in [-0.2, 0) is 23.9 Å². The van der Waals surface area contributed by atoms with Gasteiger partial charge in [-0.05, 0) is 0 Å². The minimum atomic E-state index is -1.95. The molecule has 0 aromatic heterocycles. The summed E-state index contributed by atoms with van der Waals surface area (Å²) in [4.78, 5) is 53.1. The van der Waals surface area contributed by atoms with E-state index in [1.54, 1.807) is 28.0 Å². The summed E-state index contributed by atoms with van der Waals surface area (Å²) in [5.41, 5.74) is -1.29. The Hall–Kier alpha value is -4.05. The Morgan fingerprint density at radius 3 is 2.51 bits per heavy atom. The van der Waals surface area contributed by atoms with Crippen molar-refractivity contribution >= 4 is 29.6 Å². The van der Waals surface area contributed by atoms with Gasteiger partial charge in [0.2, 0.25) is 5.91 Å². The standard InChI is InChI=1S/C22H25N5O8/c1-32-15-9-14(10-16(11-15)33-2)26-8-7-25(21(26)31)6-4-24-12-18(28)27-5-3-17-22(27,13-23)35-20(30)19(29)34-17/h9-11,17,24H,3-8,12H2,1-2H3/t17?,22-/m0/s1. The van der Waals surface area contributed by atoms with Gasteiger partial charge < -0.3 is 29.2 Å². The molecular formula is C22H25N5O8. The Morgan fingerprint density at radius 2 is 1.86 bits per heavy atom. The number of carbonyl (C=O) groups excluding carboxylic acids is 4. The molecule has 0 bridgehead atoms. The number of esters is 2. The van der Waals surface area contributed by atoms with Crippen LogP contribution in [0.3, 0.4) is 0 Å². The van der Waals surface area contributed by atoms with Gasteiger partial charge in [-0.15, -0.1) is 0 Å². The number of nitriles is 1. The molecule has 0 aliphatic carbocycles. The molecule has 1 aromatic carbocycles. The van der Waals surface area contributed by atoms with Crippen LogP contribution in [0.15, 0.2) is 18.2 Å². The lowest BCUT2D eigenvalue weighted by Gasteiger charge is -2.37. The second-order valence-corrected chi connectivity index (χ2v) is 8.09. The van der Waals surface area contributed by atoms with Crippen LogP contribution < -0.4 is 19.7 Å². The van der Waals surface area contributed by atoms with Crippen molar-refractivity contribution in [2.45, 2.75) is 18.2 Å². The Balaban J connectivity index is 1.29. The van der Waals surface area contributed by atoms with Crippen molar-refractivity contribution in [1.29, 1.82) is 5.26 Å². The van der Waals surface area contributed by atoms with E-state index in [0.29, 0.717) is 43.4 Å². The first-order valence-electron chi connectivity index (χ1n) is 11.0. The molecule has 1 N–H and O–H groups in total. The number of nitrogens with zero attached hydrogens (tertiary/aromatic N) is 4. The molecule has 1 aromatic rings. The highest BCUT2D eigenvalue weighted by molar-refractivity contribution is 6.30. The fourth-order valence-corrected chi connectivity index (χ4v) is 4.35. The van der Waals surface area contributed by atoms with Gasteiger partial charge in [-0.25, -0.2) is 14.4 Å². The van der Waals surface area contributed by atoms with Crippen LogP contribution in [0.1, 0.15) is 6.42 Å². The van der Waals surface area contributed by atoms with Crippen molar-refractivity contribution in [1.82, 2.24) is 15.1 Å². The molecule has 3 fully saturated rings. The molecule has 186 valence electrons. The van der Waals surface area contributed by atoms with Gasteiger partial charge in [0.1, 0.15) is 17.6 Å². The van der Waals surface area contributed by atoms with Crippen LogP contribution in [0.25, 0.3) is 0 Å². The van der Waals surface area contributed by atoms with Crippen molar-refractivity contribution in [2.75, 3.05) is 58.4 Å². The minimum Gasteiger partial charge on any atom is -0.497 e. The van der Waals surface area contributed by atoms with Gasteiger partial charge in [-0.1, -0.05) is 0 Å². The van der Waals surface area contributed by atoms with Gasteiger partial charge in [0, 0.05) is 57.3 Å². The number of urea groups is 1. The SMILES string of the molecule is COc1cc(OC)cc(N2CCN(CCNCC(=O)N3CCC4OC(=O)C(=O)O[C@@]43C#N)C2=O)c1. The normalized spacial score (nSPS) is 23.5. The summed E-state index contributed by atoms with van der Waals surface area (Å²) in [7, 11) is 3.07. The molecule has 0 saturated carbocycles. The monoisotopic (exact) mass is 487 g/mol. The third-order valence-corrected chi connectivity index (χ3v) is 6.16. The van der Waals surface area contributed by atoms with Crippen LogP contribution in [0.4, 0.5) is 10.5 Å². The van der Waals surface area contributed by atoms with Gasteiger partial charge in [0.25, 0.3) is 0 Å². The zero-order valence-electron chi connectivity index (χ0n) is 19.3. The highest BCUT2D eigenvalue weighted by Crippen LogP contribution is 2.36. The maximum absolute atomic E-state index is 12.9. The molecule has 3 aliphatic heterocycles.